The van der Waals surface area contributed by atoms with Crippen LogP contribution in [0.15, 0.2) is 23.3 Å². The molecule has 1 N–H and O–H groups in total. The molecule has 22 heavy (non-hydrogen) atoms. The SMILES string of the molecule is COC(=O)C1NN=C2C(=O)N(c3ccc(C)cc3C)C(=O)C21. The zero-order chi connectivity index (χ0) is 16.0. The molecule has 1 aromatic carbocycles. The number of ether oxygens (including phenoxy) is 1. The maximum absolute atomic E-state index is 12.6. The standard InChI is InChI=1S/C15H15N3O4/c1-7-4-5-9(8(2)6-7)18-13(19)10-11(14(18)20)16-17-12(10)15(21)22-3/h4-6,10,12,17H,1-3H3. The van der Waals surface area contributed by atoms with Crippen molar-refractivity contribution in [1.82, 2.24) is 5.43 Å². The minimum absolute atomic E-state index is 0.0559. The van der Waals surface area contributed by atoms with E-state index in [1.807, 2.05) is 26.0 Å². The molecule has 0 radical (unpaired) electrons. The van der Waals surface area contributed by atoms with Crippen molar-refractivity contribution < 1.29 is 19.1 Å². The fraction of sp³-hybridized carbons (Fsp3) is 0.333. The number of hydrazone groups is 1. The highest BCUT2D eigenvalue weighted by Gasteiger charge is 2.55. The normalized spacial score (nSPS) is 23.2. The Labute approximate surface area is 126 Å². The molecular formula is C15H15N3O4. The first-order valence-electron chi connectivity index (χ1n) is 6.82. The molecule has 0 spiro atoms. The molecule has 0 bridgehead atoms. The second kappa shape index (κ2) is 4.94. The summed E-state index contributed by atoms with van der Waals surface area (Å²) in [7, 11) is 1.23. The van der Waals surface area contributed by atoms with Gasteiger partial charge in [-0.15, -0.1) is 0 Å². The highest BCUT2D eigenvalue weighted by atomic mass is 16.5. The minimum atomic E-state index is -0.952. The van der Waals surface area contributed by atoms with Crippen LogP contribution >= 0.6 is 0 Å². The third-order valence-electron chi connectivity index (χ3n) is 3.91. The van der Waals surface area contributed by atoms with E-state index in [2.05, 4.69) is 15.3 Å². The van der Waals surface area contributed by atoms with Crippen LogP contribution in [0.2, 0.25) is 0 Å². The Kier molecular flexibility index (Phi) is 3.20. The molecule has 7 heteroatoms. The van der Waals surface area contributed by atoms with E-state index in [0.29, 0.717) is 5.69 Å². The van der Waals surface area contributed by atoms with Crippen molar-refractivity contribution in [3.63, 3.8) is 0 Å². The number of carbonyl (C=O) groups excluding carboxylic acids is 3. The molecule has 0 aromatic heterocycles. The van der Waals surface area contributed by atoms with Gasteiger partial charge in [-0.05, 0) is 25.5 Å². The van der Waals surface area contributed by atoms with Crippen LogP contribution in [0.5, 0.6) is 0 Å². The summed E-state index contributed by atoms with van der Waals surface area (Å²) in [5, 5.41) is 3.86. The van der Waals surface area contributed by atoms with E-state index in [-0.39, 0.29) is 5.71 Å². The predicted octanol–water partition coefficient (Wildman–Crippen LogP) is 0.294. The number of nitrogens with zero attached hydrogens (tertiary/aromatic N) is 2. The highest BCUT2D eigenvalue weighted by Crippen LogP contribution is 2.32. The molecule has 1 fully saturated rings. The number of carbonyl (C=O) groups is 3. The molecule has 2 amide bonds. The Morgan fingerprint density at radius 2 is 2.05 bits per heavy atom. The third kappa shape index (κ3) is 1.89. The summed E-state index contributed by atoms with van der Waals surface area (Å²) in [6.07, 6.45) is 0. The van der Waals surface area contributed by atoms with Crippen molar-refractivity contribution in [2.75, 3.05) is 12.0 Å². The van der Waals surface area contributed by atoms with Gasteiger partial charge in [-0.1, -0.05) is 17.7 Å². The summed E-state index contributed by atoms with van der Waals surface area (Å²) in [6.45, 7) is 3.76. The number of aryl methyl sites for hydroxylation is 2. The molecule has 3 rings (SSSR count). The second-order valence-corrected chi connectivity index (χ2v) is 5.37. The van der Waals surface area contributed by atoms with Crippen molar-refractivity contribution in [1.29, 1.82) is 0 Å². The molecular weight excluding hydrogens is 286 g/mol. The molecule has 0 aliphatic carbocycles. The van der Waals surface area contributed by atoms with Crippen molar-refractivity contribution in [2.45, 2.75) is 19.9 Å². The minimum Gasteiger partial charge on any atom is -0.467 e. The van der Waals surface area contributed by atoms with Gasteiger partial charge in [0.15, 0.2) is 6.04 Å². The van der Waals surface area contributed by atoms with Gasteiger partial charge in [0.1, 0.15) is 11.6 Å². The molecule has 0 saturated carbocycles. The molecule has 2 unspecified atom stereocenters. The monoisotopic (exact) mass is 301 g/mol. The topological polar surface area (TPSA) is 88.1 Å². The Morgan fingerprint density at radius 3 is 2.68 bits per heavy atom. The average Bonchev–Trinajstić information content (AvgIpc) is 3.01. The van der Waals surface area contributed by atoms with Crippen molar-refractivity contribution >= 4 is 29.2 Å². The van der Waals surface area contributed by atoms with E-state index >= 15 is 0 Å². The van der Waals surface area contributed by atoms with E-state index in [4.69, 9.17) is 0 Å². The summed E-state index contributed by atoms with van der Waals surface area (Å²) < 4.78 is 4.65. The number of amides is 2. The van der Waals surface area contributed by atoms with Gasteiger partial charge in [0, 0.05) is 0 Å². The predicted molar refractivity (Wildman–Crippen MR) is 78.3 cm³/mol. The summed E-state index contributed by atoms with van der Waals surface area (Å²) in [5.41, 5.74) is 4.93. The van der Waals surface area contributed by atoms with Crippen molar-refractivity contribution in [3.05, 3.63) is 29.3 Å². The lowest BCUT2D eigenvalue weighted by Crippen LogP contribution is -2.42. The number of rotatable bonds is 2. The third-order valence-corrected chi connectivity index (χ3v) is 3.91. The fourth-order valence-corrected chi connectivity index (χ4v) is 2.84. The molecule has 1 aromatic rings. The van der Waals surface area contributed by atoms with Gasteiger partial charge in [0.2, 0.25) is 5.91 Å². The van der Waals surface area contributed by atoms with Gasteiger partial charge in [-0.25, -0.2) is 9.69 Å². The fourth-order valence-electron chi connectivity index (χ4n) is 2.84. The lowest BCUT2D eigenvalue weighted by atomic mass is 9.98. The molecule has 2 aliphatic heterocycles. The summed E-state index contributed by atoms with van der Waals surface area (Å²) >= 11 is 0. The first kappa shape index (κ1) is 14.2. The number of benzene rings is 1. The summed E-state index contributed by atoms with van der Waals surface area (Å²) in [4.78, 5) is 37.9. The first-order valence-corrected chi connectivity index (χ1v) is 6.82. The Bertz CT molecular complexity index is 725. The lowest BCUT2D eigenvalue weighted by Gasteiger charge is -2.19. The highest BCUT2D eigenvalue weighted by molar-refractivity contribution is 6.58. The van der Waals surface area contributed by atoms with E-state index in [1.54, 1.807) is 6.07 Å². The lowest BCUT2D eigenvalue weighted by molar-refractivity contribution is -0.145. The van der Waals surface area contributed by atoms with Crippen LogP contribution in [-0.4, -0.2) is 36.6 Å². The van der Waals surface area contributed by atoms with Crippen LogP contribution in [0.25, 0.3) is 0 Å². The van der Waals surface area contributed by atoms with E-state index < -0.39 is 29.7 Å². The molecule has 2 atom stereocenters. The van der Waals surface area contributed by atoms with Gasteiger partial charge in [-0.2, -0.15) is 5.10 Å². The maximum Gasteiger partial charge on any atom is 0.331 e. The second-order valence-electron chi connectivity index (χ2n) is 5.37. The average molecular weight is 301 g/mol. The smallest absolute Gasteiger partial charge is 0.331 e. The first-order chi connectivity index (χ1) is 10.5. The van der Waals surface area contributed by atoms with Crippen LogP contribution in [0.4, 0.5) is 5.69 Å². The number of esters is 1. The molecule has 2 aliphatic rings. The number of hydrogen-bond acceptors (Lipinski definition) is 6. The molecule has 1 saturated heterocycles. The zero-order valence-corrected chi connectivity index (χ0v) is 12.4. The number of imide groups is 1. The quantitative estimate of drug-likeness (QED) is 0.627. The van der Waals surface area contributed by atoms with Gasteiger partial charge >= 0.3 is 5.97 Å². The zero-order valence-electron chi connectivity index (χ0n) is 12.4. The number of hydrogen-bond donors (Lipinski definition) is 1. The van der Waals surface area contributed by atoms with Crippen molar-refractivity contribution in [2.24, 2.45) is 11.0 Å². The summed E-state index contributed by atoms with van der Waals surface area (Å²) in [6, 6.07) is 4.49. The number of fused-ring (bicyclic) bond motifs is 1. The van der Waals surface area contributed by atoms with Crippen LogP contribution in [0, 0.1) is 19.8 Å². The van der Waals surface area contributed by atoms with Gasteiger partial charge in [0.25, 0.3) is 5.91 Å². The van der Waals surface area contributed by atoms with Gasteiger partial charge in [-0.3, -0.25) is 15.0 Å². The van der Waals surface area contributed by atoms with Crippen molar-refractivity contribution in [3.8, 4) is 0 Å². The summed E-state index contributed by atoms with van der Waals surface area (Å²) in [5.74, 6) is -2.51. The van der Waals surface area contributed by atoms with E-state index in [0.717, 1.165) is 16.0 Å². The van der Waals surface area contributed by atoms with Crippen LogP contribution in [-0.2, 0) is 19.1 Å². The number of methoxy groups -OCH3 is 1. The molecule has 114 valence electrons. The molecule has 2 heterocycles. The van der Waals surface area contributed by atoms with Gasteiger partial charge in [0.05, 0.1) is 12.8 Å². The van der Waals surface area contributed by atoms with Crippen LogP contribution < -0.4 is 10.3 Å². The Morgan fingerprint density at radius 1 is 1.32 bits per heavy atom. The molecule has 7 nitrogen and oxygen atoms in total. The van der Waals surface area contributed by atoms with Crippen LogP contribution in [0.1, 0.15) is 11.1 Å². The number of anilines is 1. The van der Waals surface area contributed by atoms with Gasteiger partial charge < -0.3 is 4.74 Å². The Hall–Kier alpha value is -2.70. The Balaban J connectivity index is 2.01. The number of nitrogens with one attached hydrogen (secondary N) is 1. The maximum atomic E-state index is 12.6. The van der Waals surface area contributed by atoms with E-state index in [9.17, 15) is 14.4 Å². The largest absolute Gasteiger partial charge is 0.467 e. The van der Waals surface area contributed by atoms with Crippen LogP contribution in [0.3, 0.4) is 0 Å². The van der Waals surface area contributed by atoms with E-state index in [1.165, 1.54) is 7.11 Å².